The summed E-state index contributed by atoms with van der Waals surface area (Å²) in [6.45, 7) is 4.62. The van der Waals surface area contributed by atoms with E-state index in [-0.39, 0.29) is 0 Å². The number of hydrogen-bond acceptors (Lipinski definition) is 3. The molecule has 78 valence electrons. The van der Waals surface area contributed by atoms with Crippen molar-refractivity contribution in [2.75, 3.05) is 17.2 Å². The van der Waals surface area contributed by atoms with Crippen molar-refractivity contribution in [3.05, 3.63) is 12.3 Å². The molecule has 14 heavy (non-hydrogen) atoms. The van der Waals surface area contributed by atoms with Crippen LogP contribution in [0.25, 0.3) is 0 Å². The Balaban J connectivity index is 2.16. The van der Waals surface area contributed by atoms with E-state index in [1.807, 2.05) is 22.5 Å². The van der Waals surface area contributed by atoms with Crippen molar-refractivity contribution in [1.29, 1.82) is 0 Å². The molecule has 0 spiro atoms. The van der Waals surface area contributed by atoms with Crippen LogP contribution in [0.5, 0.6) is 0 Å². The zero-order chi connectivity index (χ0) is 10.2. The molecule has 2 heterocycles. The number of hydrogen-bond donors (Lipinski definition) is 1. The molecule has 0 bridgehead atoms. The number of anilines is 1. The van der Waals surface area contributed by atoms with Gasteiger partial charge in [-0.3, -0.25) is 0 Å². The smallest absolute Gasteiger partial charge is 0.121 e. The van der Waals surface area contributed by atoms with Crippen molar-refractivity contribution in [2.45, 2.75) is 26.3 Å². The third kappa shape index (κ3) is 1.90. The fourth-order valence-corrected chi connectivity index (χ4v) is 3.33. The van der Waals surface area contributed by atoms with Gasteiger partial charge < -0.3 is 5.73 Å². The van der Waals surface area contributed by atoms with Crippen molar-refractivity contribution in [3.8, 4) is 0 Å². The van der Waals surface area contributed by atoms with E-state index >= 15 is 0 Å². The summed E-state index contributed by atoms with van der Waals surface area (Å²) in [4.78, 5) is 0. The molecule has 1 atom stereocenters. The number of rotatable bonds is 1. The second-order valence-electron chi connectivity index (χ2n) is 4.74. The van der Waals surface area contributed by atoms with Crippen LogP contribution in [0.2, 0.25) is 0 Å². The van der Waals surface area contributed by atoms with E-state index in [4.69, 9.17) is 5.73 Å². The largest absolute Gasteiger partial charge is 0.384 e. The lowest BCUT2D eigenvalue weighted by molar-refractivity contribution is 0.293. The first-order valence-electron chi connectivity index (χ1n) is 4.95. The van der Waals surface area contributed by atoms with Gasteiger partial charge in [0.1, 0.15) is 5.82 Å². The van der Waals surface area contributed by atoms with E-state index in [2.05, 4.69) is 18.9 Å². The van der Waals surface area contributed by atoms with Gasteiger partial charge in [-0.15, -0.1) is 0 Å². The number of nitrogens with two attached hydrogens (primary N) is 1. The van der Waals surface area contributed by atoms with E-state index in [1.165, 1.54) is 12.2 Å². The predicted molar refractivity (Wildman–Crippen MR) is 61.4 cm³/mol. The average Bonchev–Trinajstić information content (AvgIpc) is 2.49. The van der Waals surface area contributed by atoms with Crippen LogP contribution >= 0.6 is 11.8 Å². The molecular formula is C10H17N3S. The average molecular weight is 211 g/mol. The molecule has 1 aromatic rings. The molecule has 2 N–H and O–H groups in total. The molecule has 2 rings (SSSR count). The molecular weight excluding hydrogens is 194 g/mol. The minimum Gasteiger partial charge on any atom is -0.384 e. The Hall–Kier alpha value is -0.640. The molecule has 1 aliphatic rings. The third-order valence-electron chi connectivity index (χ3n) is 2.64. The Kier molecular flexibility index (Phi) is 2.47. The van der Waals surface area contributed by atoms with E-state index < -0.39 is 0 Å². The summed E-state index contributed by atoms with van der Waals surface area (Å²) in [5.74, 6) is 3.16. The van der Waals surface area contributed by atoms with Gasteiger partial charge in [0.2, 0.25) is 0 Å². The number of aromatic nitrogens is 2. The highest BCUT2D eigenvalue weighted by Gasteiger charge is 2.30. The zero-order valence-corrected chi connectivity index (χ0v) is 9.55. The quantitative estimate of drug-likeness (QED) is 0.774. The number of nitrogen functional groups attached to an aromatic ring is 1. The summed E-state index contributed by atoms with van der Waals surface area (Å²) < 4.78 is 1.97. The summed E-state index contributed by atoms with van der Waals surface area (Å²) in [6, 6.07) is 2.34. The lowest BCUT2D eigenvalue weighted by Crippen LogP contribution is -2.29. The Morgan fingerprint density at radius 3 is 3.00 bits per heavy atom. The first kappa shape index (κ1) is 9.90. The van der Waals surface area contributed by atoms with Crippen molar-refractivity contribution < 1.29 is 0 Å². The van der Waals surface area contributed by atoms with E-state index in [1.54, 1.807) is 6.20 Å². The first-order valence-corrected chi connectivity index (χ1v) is 6.11. The fourth-order valence-electron chi connectivity index (χ4n) is 2.01. The standard InChI is InChI=1S/C10H17N3S/c1-10(2)5-8(6-14-7-10)13-9(11)3-4-12-13/h3-4,8H,5-7,11H2,1-2H3. The minimum atomic E-state index is 0.409. The summed E-state index contributed by atoms with van der Waals surface area (Å²) >= 11 is 2.00. The van der Waals surface area contributed by atoms with Crippen LogP contribution in [-0.4, -0.2) is 21.3 Å². The van der Waals surface area contributed by atoms with Crippen LogP contribution < -0.4 is 5.73 Å². The normalized spacial score (nSPS) is 26.3. The fraction of sp³-hybridized carbons (Fsp3) is 0.700. The molecule has 1 fully saturated rings. The monoisotopic (exact) mass is 211 g/mol. The Morgan fingerprint density at radius 1 is 1.64 bits per heavy atom. The second kappa shape index (κ2) is 3.50. The maximum Gasteiger partial charge on any atom is 0.121 e. The molecule has 0 amide bonds. The zero-order valence-electron chi connectivity index (χ0n) is 8.73. The Morgan fingerprint density at radius 2 is 2.43 bits per heavy atom. The molecule has 1 aromatic heterocycles. The maximum atomic E-state index is 5.85. The lowest BCUT2D eigenvalue weighted by atomic mass is 9.88. The molecule has 1 aliphatic heterocycles. The molecule has 0 aromatic carbocycles. The lowest BCUT2D eigenvalue weighted by Gasteiger charge is -2.35. The van der Waals surface area contributed by atoms with Crippen molar-refractivity contribution in [2.24, 2.45) is 5.41 Å². The van der Waals surface area contributed by atoms with Gasteiger partial charge in [0.05, 0.1) is 12.2 Å². The van der Waals surface area contributed by atoms with E-state index in [0.29, 0.717) is 11.5 Å². The van der Waals surface area contributed by atoms with Gasteiger partial charge >= 0.3 is 0 Å². The first-order chi connectivity index (χ1) is 6.58. The molecule has 0 aliphatic carbocycles. The van der Waals surface area contributed by atoms with Crippen LogP contribution in [0.3, 0.4) is 0 Å². The van der Waals surface area contributed by atoms with Crippen molar-refractivity contribution in [3.63, 3.8) is 0 Å². The maximum absolute atomic E-state index is 5.85. The summed E-state index contributed by atoms with van der Waals surface area (Å²) in [5.41, 5.74) is 6.26. The van der Waals surface area contributed by atoms with Gasteiger partial charge in [-0.1, -0.05) is 13.8 Å². The summed E-state index contributed by atoms with van der Waals surface area (Å²) in [6.07, 6.45) is 2.95. The molecule has 3 nitrogen and oxygen atoms in total. The van der Waals surface area contributed by atoms with Crippen LogP contribution in [0.4, 0.5) is 5.82 Å². The van der Waals surface area contributed by atoms with Crippen molar-refractivity contribution >= 4 is 17.6 Å². The van der Waals surface area contributed by atoms with Gasteiger partial charge in [0.25, 0.3) is 0 Å². The van der Waals surface area contributed by atoms with Gasteiger partial charge in [0.15, 0.2) is 0 Å². The Labute approximate surface area is 89.1 Å². The minimum absolute atomic E-state index is 0.409. The number of thioether (sulfide) groups is 1. The van der Waals surface area contributed by atoms with Crippen molar-refractivity contribution in [1.82, 2.24) is 9.78 Å². The topological polar surface area (TPSA) is 43.8 Å². The molecule has 0 radical (unpaired) electrons. The predicted octanol–water partition coefficient (Wildman–Crippen LogP) is 2.17. The SMILES string of the molecule is CC1(C)CSCC(n2nccc2N)C1. The van der Waals surface area contributed by atoms with Gasteiger partial charge in [0, 0.05) is 5.75 Å². The van der Waals surface area contributed by atoms with Crippen LogP contribution in [0.15, 0.2) is 12.3 Å². The van der Waals surface area contributed by atoms with Gasteiger partial charge in [-0.05, 0) is 23.7 Å². The summed E-state index contributed by atoms with van der Waals surface area (Å²) in [5, 5.41) is 4.28. The van der Waals surface area contributed by atoms with E-state index in [9.17, 15) is 0 Å². The summed E-state index contributed by atoms with van der Waals surface area (Å²) in [7, 11) is 0. The highest BCUT2D eigenvalue weighted by molar-refractivity contribution is 7.99. The third-order valence-corrected chi connectivity index (χ3v) is 4.24. The van der Waals surface area contributed by atoms with Gasteiger partial charge in [-0.2, -0.15) is 16.9 Å². The Bertz CT molecular complexity index is 319. The molecule has 1 unspecified atom stereocenters. The highest BCUT2D eigenvalue weighted by atomic mass is 32.2. The van der Waals surface area contributed by atoms with E-state index in [0.717, 1.165) is 11.6 Å². The molecule has 4 heteroatoms. The highest BCUT2D eigenvalue weighted by Crippen LogP contribution is 2.39. The van der Waals surface area contributed by atoms with Crippen LogP contribution in [0, 0.1) is 5.41 Å². The second-order valence-corrected chi connectivity index (χ2v) is 5.77. The van der Waals surface area contributed by atoms with Crippen LogP contribution in [0.1, 0.15) is 26.3 Å². The van der Waals surface area contributed by atoms with Crippen LogP contribution in [-0.2, 0) is 0 Å². The molecule has 0 saturated carbocycles. The number of nitrogens with zero attached hydrogens (tertiary/aromatic N) is 2. The van der Waals surface area contributed by atoms with Gasteiger partial charge in [-0.25, -0.2) is 4.68 Å². The molecule has 1 saturated heterocycles.